The molecule has 0 aliphatic carbocycles. The molecular weight excluding hydrogens is 444 g/mol. The van der Waals surface area contributed by atoms with Gasteiger partial charge in [-0.05, 0) is 31.2 Å². The zero-order valence-electron chi connectivity index (χ0n) is 20.1. The van der Waals surface area contributed by atoms with Crippen LogP contribution < -0.4 is 10.6 Å². The van der Waals surface area contributed by atoms with Gasteiger partial charge in [0.2, 0.25) is 5.91 Å². The van der Waals surface area contributed by atoms with Gasteiger partial charge in [-0.2, -0.15) is 5.10 Å². The van der Waals surface area contributed by atoms with E-state index in [1.165, 1.54) is 0 Å². The van der Waals surface area contributed by atoms with E-state index in [4.69, 9.17) is 0 Å². The Bertz CT molecular complexity index is 1160. The summed E-state index contributed by atoms with van der Waals surface area (Å²) in [5, 5.41) is 18.9. The highest BCUT2D eigenvalue weighted by Crippen LogP contribution is 2.19. The first-order chi connectivity index (χ1) is 17.1. The van der Waals surface area contributed by atoms with Crippen LogP contribution in [0.5, 0.6) is 0 Å². The number of benzene rings is 1. The zero-order valence-corrected chi connectivity index (χ0v) is 20.1. The second-order valence-corrected chi connectivity index (χ2v) is 9.45. The Morgan fingerprint density at radius 3 is 2.74 bits per heavy atom. The van der Waals surface area contributed by atoms with Gasteiger partial charge in [0, 0.05) is 45.7 Å². The van der Waals surface area contributed by atoms with Crippen LogP contribution in [0.25, 0.3) is 0 Å². The van der Waals surface area contributed by atoms with Crippen LogP contribution in [0, 0.1) is 0 Å². The van der Waals surface area contributed by atoms with Crippen molar-refractivity contribution in [1.29, 1.82) is 0 Å². The topological polar surface area (TPSA) is 110 Å². The van der Waals surface area contributed by atoms with Crippen molar-refractivity contribution >= 4 is 11.8 Å². The maximum atomic E-state index is 13.1. The molecule has 3 aromatic rings. The summed E-state index contributed by atoms with van der Waals surface area (Å²) in [7, 11) is 1.88. The van der Waals surface area contributed by atoms with Gasteiger partial charge in [0.1, 0.15) is 6.04 Å². The van der Waals surface area contributed by atoms with Crippen LogP contribution in [0.1, 0.15) is 59.0 Å². The van der Waals surface area contributed by atoms with Crippen molar-refractivity contribution < 1.29 is 9.59 Å². The van der Waals surface area contributed by atoms with Crippen molar-refractivity contribution in [2.45, 2.75) is 50.7 Å². The van der Waals surface area contributed by atoms with Crippen LogP contribution in [-0.2, 0) is 24.8 Å². The van der Waals surface area contributed by atoms with E-state index in [0.717, 1.165) is 62.3 Å². The summed E-state index contributed by atoms with van der Waals surface area (Å²) in [6, 6.07) is 10.00. The molecule has 2 fully saturated rings. The van der Waals surface area contributed by atoms with Crippen LogP contribution in [0.15, 0.2) is 42.7 Å². The Balaban J connectivity index is 1.13. The number of piperidine rings is 2. The summed E-state index contributed by atoms with van der Waals surface area (Å²) in [5.74, 6) is -0.0408. The van der Waals surface area contributed by atoms with E-state index in [2.05, 4.69) is 43.1 Å². The van der Waals surface area contributed by atoms with Gasteiger partial charge in [0.25, 0.3) is 5.91 Å². The average molecular weight is 477 g/mol. The Morgan fingerprint density at radius 2 is 1.97 bits per heavy atom. The maximum Gasteiger partial charge on any atom is 0.254 e. The molecule has 0 saturated carbocycles. The number of carbonyl (C=O) groups excluding carboxylic acids is 2. The molecule has 0 spiro atoms. The number of hydrogen-bond acceptors (Lipinski definition) is 6. The van der Waals surface area contributed by atoms with Gasteiger partial charge < -0.3 is 10.6 Å². The second-order valence-electron chi connectivity index (χ2n) is 9.45. The molecule has 2 saturated heterocycles. The lowest BCUT2D eigenvalue weighted by molar-refractivity contribution is -0.126. The fourth-order valence-electron chi connectivity index (χ4n) is 4.93. The Labute approximate surface area is 204 Å². The van der Waals surface area contributed by atoms with E-state index in [-0.39, 0.29) is 23.9 Å². The summed E-state index contributed by atoms with van der Waals surface area (Å²) in [4.78, 5) is 27.5. The van der Waals surface area contributed by atoms with E-state index in [1.807, 2.05) is 31.4 Å². The fraction of sp³-hybridized carbons (Fsp3) is 0.480. The van der Waals surface area contributed by atoms with Gasteiger partial charge >= 0.3 is 0 Å². The number of carbonyl (C=O) groups is 2. The predicted molar refractivity (Wildman–Crippen MR) is 130 cm³/mol. The fourth-order valence-corrected chi connectivity index (χ4v) is 4.93. The normalized spacial score (nSPS) is 19.5. The molecular formula is C25H32N8O2. The van der Waals surface area contributed by atoms with Crippen molar-refractivity contribution in [2.24, 2.45) is 7.05 Å². The Hall–Kier alpha value is -3.53. The molecule has 2 aliphatic rings. The number of likely N-dealkylation sites (tertiary alicyclic amines) is 1. The number of nitrogens with zero attached hydrogens (tertiary/aromatic N) is 6. The first-order valence-electron chi connectivity index (χ1n) is 12.3. The summed E-state index contributed by atoms with van der Waals surface area (Å²) in [6.45, 7) is 3.16. The molecule has 2 N–H and O–H groups in total. The minimum absolute atomic E-state index is 0.0183. The molecule has 2 amide bonds. The molecule has 2 aromatic heterocycles. The predicted octanol–water partition coefficient (Wildman–Crippen LogP) is 1.45. The van der Waals surface area contributed by atoms with E-state index in [1.54, 1.807) is 15.6 Å². The maximum absolute atomic E-state index is 13.1. The van der Waals surface area contributed by atoms with Crippen molar-refractivity contribution in [1.82, 2.24) is 40.3 Å². The average Bonchev–Trinajstić information content (AvgIpc) is 3.48. The number of amides is 2. The molecule has 35 heavy (non-hydrogen) atoms. The number of aryl methyl sites for hydroxylation is 1. The molecule has 10 heteroatoms. The molecule has 184 valence electrons. The van der Waals surface area contributed by atoms with Crippen LogP contribution in [-0.4, -0.2) is 67.2 Å². The van der Waals surface area contributed by atoms with Crippen molar-refractivity contribution in [2.75, 3.05) is 19.6 Å². The molecule has 5 rings (SSSR count). The van der Waals surface area contributed by atoms with Gasteiger partial charge in [0.15, 0.2) is 0 Å². The molecule has 1 atom stereocenters. The molecule has 0 bridgehead atoms. The van der Waals surface area contributed by atoms with Crippen LogP contribution in [0.2, 0.25) is 0 Å². The minimum Gasteiger partial charge on any atom is -0.354 e. The smallest absolute Gasteiger partial charge is 0.254 e. The summed E-state index contributed by atoms with van der Waals surface area (Å²) >= 11 is 0. The number of rotatable bonds is 7. The summed E-state index contributed by atoms with van der Waals surface area (Å²) in [6.07, 6.45) is 7.72. The van der Waals surface area contributed by atoms with Gasteiger partial charge in [-0.25, -0.2) is 4.68 Å². The van der Waals surface area contributed by atoms with E-state index < -0.39 is 0 Å². The Kier molecular flexibility index (Phi) is 6.89. The van der Waals surface area contributed by atoms with Gasteiger partial charge in [-0.1, -0.05) is 35.5 Å². The lowest BCUT2D eigenvalue weighted by atomic mass is 10.0. The molecule has 0 radical (unpaired) electrons. The van der Waals surface area contributed by atoms with Crippen molar-refractivity contribution in [3.63, 3.8) is 0 Å². The molecule has 1 aromatic carbocycles. The SMILES string of the molecule is Cn1ncc(C(=O)NC2CCN(Cc3cn(C4CCCNC4=O)nn3)CC2)c1Cc1ccccc1. The Morgan fingerprint density at radius 1 is 1.17 bits per heavy atom. The molecule has 2 aliphatic heterocycles. The lowest BCUT2D eigenvalue weighted by Gasteiger charge is -2.31. The first-order valence-corrected chi connectivity index (χ1v) is 12.3. The molecule has 10 nitrogen and oxygen atoms in total. The highest BCUT2D eigenvalue weighted by molar-refractivity contribution is 5.95. The van der Waals surface area contributed by atoms with Crippen molar-refractivity contribution in [3.8, 4) is 0 Å². The first kappa shape index (κ1) is 23.2. The van der Waals surface area contributed by atoms with E-state index in [9.17, 15) is 9.59 Å². The third-order valence-electron chi connectivity index (χ3n) is 6.96. The standard InChI is InChI=1S/C25H32N8O2/c1-31-23(14-18-6-3-2-4-7-18)21(15-27-31)24(34)28-19-9-12-32(13-10-19)16-20-17-33(30-29-20)22-8-5-11-26-25(22)35/h2-4,6-7,15,17,19,22H,5,8-14,16H2,1H3,(H,26,35)(H,28,34). The second kappa shape index (κ2) is 10.4. The third kappa shape index (κ3) is 5.43. The van der Waals surface area contributed by atoms with Gasteiger partial charge in [-0.3, -0.25) is 19.2 Å². The van der Waals surface area contributed by atoms with Crippen LogP contribution in [0.3, 0.4) is 0 Å². The van der Waals surface area contributed by atoms with Gasteiger partial charge in [-0.15, -0.1) is 5.10 Å². The van der Waals surface area contributed by atoms with Crippen LogP contribution >= 0.6 is 0 Å². The molecule has 4 heterocycles. The largest absolute Gasteiger partial charge is 0.354 e. The highest BCUT2D eigenvalue weighted by Gasteiger charge is 2.27. The van der Waals surface area contributed by atoms with Crippen molar-refractivity contribution in [3.05, 3.63) is 65.2 Å². The highest BCUT2D eigenvalue weighted by atomic mass is 16.2. The minimum atomic E-state index is -0.259. The summed E-state index contributed by atoms with van der Waals surface area (Å²) < 4.78 is 3.48. The number of hydrogen-bond donors (Lipinski definition) is 2. The summed E-state index contributed by atoms with van der Waals surface area (Å²) in [5.41, 5.74) is 3.58. The quantitative estimate of drug-likeness (QED) is 0.534. The zero-order chi connectivity index (χ0) is 24.2. The van der Waals surface area contributed by atoms with Gasteiger partial charge in [0.05, 0.1) is 29.3 Å². The van der Waals surface area contributed by atoms with E-state index in [0.29, 0.717) is 18.5 Å². The van der Waals surface area contributed by atoms with E-state index >= 15 is 0 Å². The monoisotopic (exact) mass is 476 g/mol. The number of aromatic nitrogens is 5. The third-order valence-corrected chi connectivity index (χ3v) is 6.96. The lowest BCUT2D eigenvalue weighted by Crippen LogP contribution is -2.44. The molecule has 1 unspecified atom stereocenters. The number of nitrogens with one attached hydrogen (secondary N) is 2. The van der Waals surface area contributed by atoms with Crippen LogP contribution in [0.4, 0.5) is 0 Å².